The van der Waals surface area contributed by atoms with Crippen LogP contribution in [0.2, 0.25) is 0 Å². The normalized spacial score (nSPS) is 23.1. The fourth-order valence-electron chi connectivity index (χ4n) is 2.77. The van der Waals surface area contributed by atoms with E-state index in [-0.39, 0.29) is 11.8 Å². The van der Waals surface area contributed by atoms with Gasteiger partial charge < -0.3 is 10.6 Å². The van der Waals surface area contributed by atoms with Crippen molar-refractivity contribution in [2.45, 2.75) is 45.7 Å². The molecule has 3 heteroatoms. The molecule has 0 aliphatic carbocycles. The molecule has 1 saturated heterocycles. The molecule has 0 spiro atoms. The molecule has 0 radical (unpaired) electrons. The van der Waals surface area contributed by atoms with E-state index in [4.69, 9.17) is 0 Å². The van der Waals surface area contributed by atoms with Crippen LogP contribution in [-0.4, -0.2) is 18.5 Å². The maximum Gasteiger partial charge on any atom is 0.223 e. The van der Waals surface area contributed by atoms with E-state index in [1.54, 1.807) is 0 Å². The molecular weight excluding hydrogens is 236 g/mol. The van der Waals surface area contributed by atoms with Gasteiger partial charge in [0, 0.05) is 18.5 Å². The van der Waals surface area contributed by atoms with Gasteiger partial charge in [-0.3, -0.25) is 4.79 Å². The van der Waals surface area contributed by atoms with E-state index < -0.39 is 0 Å². The van der Waals surface area contributed by atoms with Crippen LogP contribution in [0.4, 0.5) is 0 Å². The minimum absolute atomic E-state index is 0.171. The van der Waals surface area contributed by atoms with Crippen molar-refractivity contribution in [1.29, 1.82) is 0 Å². The van der Waals surface area contributed by atoms with Gasteiger partial charge in [-0.2, -0.15) is 0 Å². The van der Waals surface area contributed by atoms with Crippen LogP contribution in [0, 0.1) is 5.92 Å². The summed E-state index contributed by atoms with van der Waals surface area (Å²) in [7, 11) is 0. The van der Waals surface area contributed by atoms with Crippen molar-refractivity contribution in [2.75, 3.05) is 6.54 Å². The Balaban J connectivity index is 1.89. The lowest BCUT2D eigenvalue weighted by molar-refractivity contribution is -0.126. The number of amides is 1. The molecule has 0 aromatic heterocycles. The highest BCUT2D eigenvalue weighted by atomic mass is 16.1. The first-order chi connectivity index (χ1) is 9.20. The van der Waals surface area contributed by atoms with Gasteiger partial charge in [-0.1, -0.05) is 31.2 Å². The average molecular weight is 260 g/mol. The van der Waals surface area contributed by atoms with Gasteiger partial charge in [-0.25, -0.2) is 0 Å². The Labute approximate surface area is 115 Å². The van der Waals surface area contributed by atoms with Crippen LogP contribution in [-0.2, 0) is 17.8 Å². The van der Waals surface area contributed by atoms with Crippen LogP contribution < -0.4 is 10.6 Å². The predicted molar refractivity (Wildman–Crippen MR) is 77.9 cm³/mol. The van der Waals surface area contributed by atoms with Crippen molar-refractivity contribution in [3.05, 3.63) is 35.4 Å². The van der Waals surface area contributed by atoms with Gasteiger partial charge in [0.1, 0.15) is 0 Å². The molecular formula is C16H24N2O. The summed E-state index contributed by atoms with van der Waals surface area (Å²) >= 11 is 0. The Morgan fingerprint density at radius 3 is 2.79 bits per heavy atom. The molecule has 2 atom stereocenters. The van der Waals surface area contributed by atoms with Crippen molar-refractivity contribution in [2.24, 2.45) is 5.92 Å². The first kappa shape index (κ1) is 14.1. The van der Waals surface area contributed by atoms with E-state index >= 15 is 0 Å². The Bertz CT molecular complexity index is 431. The number of piperidine rings is 1. The van der Waals surface area contributed by atoms with Gasteiger partial charge in [-0.05, 0) is 43.9 Å². The fourth-order valence-corrected chi connectivity index (χ4v) is 2.77. The molecule has 19 heavy (non-hydrogen) atoms. The molecule has 2 N–H and O–H groups in total. The highest BCUT2D eigenvalue weighted by molar-refractivity contribution is 5.78. The zero-order chi connectivity index (χ0) is 13.7. The van der Waals surface area contributed by atoms with Crippen molar-refractivity contribution < 1.29 is 4.79 Å². The molecule has 3 nitrogen and oxygen atoms in total. The number of aryl methyl sites for hydroxylation is 1. The average Bonchev–Trinajstić information content (AvgIpc) is 2.45. The SMILES string of the molecule is CCc1ccccc1CNC(=O)C1CCNC(C)C1. The Morgan fingerprint density at radius 2 is 2.11 bits per heavy atom. The van der Waals surface area contributed by atoms with Crippen molar-refractivity contribution in [1.82, 2.24) is 10.6 Å². The summed E-state index contributed by atoms with van der Waals surface area (Å²) in [6.45, 7) is 5.90. The quantitative estimate of drug-likeness (QED) is 0.872. The number of carbonyl (C=O) groups excluding carboxylic acids is 1. The summed E-state index contributed by atoms with van der Waals surface area (Å²) in [6, 6.07) is 8.77. The number of hydrogen-bond donors (Lipinski definition) is 2. The monoisotopic (exact) mass is 260 g/mol. The second-order valence-corrected chi connectivity index (χ2v) is 5.42. The third-order valence-corrected chi connectivity index (χ3v) is 3.95. The maximum atomic E-state index is 12.2. The molecule has 1 amide bonds. The molecule has 2 unspecified atom stereocenters. The Hall–Kier alpha value is -1.35. The number of rotatable bonds is 4. The van der Waals surface area contributed by atoms with E-state index in [0.717, 1.165) is 25.8 Å². The maximum absolute atomic E-state index is 12.2. The van der Waals surface area contributed by atoms with Gasteiger partial charge >= 0.3 is 0 Å². The van der Waals surface area contributed by atoms with Gasteiger partial charge in [0.05, 0.1) is 0 Å². The number of nitrogens with one attached hydrogen (secondary N) is 2. The van der Waals surface area contributed by atoms with Gasteiger partial charge in [0.15, 0.2) is 0 Å². The minimum atomic E-state index is 0.171. The smallest absolute Gasteiger partial charge is 0.223 e. The predicted octanol–water partition coefficient (Wildman–Crippen LogP) is 2.25. The van der Waals surface area contributed by atoms with Crippen LogP contribution in [0.15, 0.2) is 24.3 Å². The Kier molecular flexibility index (Phi) is 4.97. The lowest BCUT2D eigenvalue weighted by Crippen LogP contribution is -2.42. The van der Waals surface area contributed by atoms with Gasteiger partial charge in [0.25, 0.3) is 0 Å². The highest BCUT2D eigenvalue weighted by Gasteiger charge is 2.24. The molecule has 1 aliphatic rings. The van der Waals surface area contributed by atoms with E-state index in [0.29, 0.717) is 12.6 Å². The van der Waals surface area contributed by atoms with E-state index in [2.05, 4.69) is 42.7 Å². The Morgan fingerprint density at radius 1 is 1.37 bits per heavy atom. The lowest BCUT2D eigenvalue weighted by atomic mass is 9.92. The lowest BCUT2D eigenvalue weighted by Gasteiger charge is -2.27. The van der Waals surface area contributed by atoms with E-state index in [9.17, 15) is 4.79 Å². The van der Waals surface area contributed by atoms with Crippen LogP contribution in [0.3, 0.4) is 0 Å². The van der Waals surface area contributed by atoms with Crippen LogP contribution in [0.25, 0.3) is 0 Å². The summed E-state index contributed by atoms with van der Waals surface area (Å²) in [4.78, 5) is 12.2. The summed E-state index contributed by atoms with van der Waals surface area (Å²) < 4.78 is 0. The molecule has 1 heterocycles. The standard InChI is InChI=1S/C16H24N2O/c1-3-13-6-4-5-7-15(13)11-18-16(19)14-8-9-17-12(2)10-14/h4-7,12,14,17H,3,8-11H2,1-2H3,(H,18,19). The van der Waals surface area contributed by atoms with Gasteiger partial charge in [0.2, 0.25) is 5.91 Å². The number of carbonyl (C=O) groups is 1. The molecule has 1 aliphatic heterocycles. The third-order valence-electron chi connectivity index (χ3n) is 3.95. The number of benzene rings is 1. The molecule has 104 valence electrons. The first-order valence-corrected chi connectivity index (χ1v) is 7.28. The zero-order valence-corrected chi connectivity index (χ0v) is 11.9. The zero-order valence-electron chi connectivity index (χ0n) is 11.9. The van der Waals surface area contributed by atoms with E-state index in [1.165, 1.54) is 11.1 Å². The summed E-state index contributed by atoms with van der Waals surface area (Å²) in [5.41, 5.74) is 2.56. The fraction of sp³-hybridized carbons (Fsp3) is 0.562. The molecule has 1 fully saturated rings. The highest BCUT2D eigenvalue weighted by Crippen LogP contribution is 2.16. The van der Waals surface area contributed by atoms with Crippen LogP contribution >= 0.6 is 0 Å². The first-order valence-electron chi connectivity index (χ1n) is 7.28. The van der Waals surface area contributed by atoms with Gasteiger partial charge in [-0.15, -0.1) is 0 Å². The topological polar surface area (TPSA) is 41.1 Å². The minimum Gasteiger partial charge on any atom is -0.352 e. The van der Waals surface area contributed by atoms with Crippen LogP contribution in [0.5, 0.6) is 0 Å². The summed E-state index contributed by atoms with van der Waals surface area (Å²) in [5.74, 6) is 0.379. The molecule has 1 aromatic rings. The third kappa shape index (κ3) is 3.80. The van der Waals surface area contributed by atoms with Crippen molar-refractivity contribution >= 4 is 5.91 Å². The molecule has 1 aromatic carbocycles. The van der Waals surface area contributed by atoms with E-state index in [1.807, 2.05) is 6.07 Å². The van der Waals surface area contributed by atoms with Crippen molar-refractivity contribution in [3.8, 4) is 0 Å². The largest absolute Gasteiger partial charge is 0.352 e. The molecule has 2 rings (SSSR count). The second kappa shape index (κ2) is 6.71. The molecule has 0 bridgehead atoms. The second-order valence-electron chi connectivity index (χ2n) is 5.42. The number of hydrogen-bond acceptors (Lipinski definition) is 2. The van der Waals surface area contributed by atoms with Crippen molar-refractivity contribution in [3.63, 3.8) is 0 Å². The summed E-state index contributed by atoms with van der Waals surface area (Å²) in [5, 5.41) is 6.48. The summed E-state index contributed by atoms with van der Waals surface area (Å²) in [6.07, 6.45) is 2.91. The van der Waals surface area contributed by atoms with Crippen LogP contribution in [0.1, 0.15) is 37.8 Å². The molecule has 0 saturated carbocycles.